The van der Waals surface area contributed by atoms with Gasteiger partial charge >= 0.3 is 11.9 Å². The fraction of sp³-hybridized carbons (Fsp3) is 0.250. The van der Waals surface area contributed by atoms with Gasteiger partial charge in [0.05, 0.1) is 19.8 Å². The topological polar surface area (TPSA) is 75.0 Å². The van der Waals surface area contributed by atoms with Crippen molar-refractivity contribution in [2.24, 2.45) is 0 Å². The molecular weight excluding hydrogens is 288 g/mol. The molecule has 0 radical (unpaired) electrons. The van der Waals surface area contributed by atoms with Crippen LogP contribution in [0.5, 0.6) is 5.75 Å². The van der Waals surface area contributed by atoms with Gasteiger partial charge in [-0.15, -0.1) is 0 Å². The van der Waals surface area contributed by atoms with Crippen LogP contribution in [0.2, 0.25) is 0 Å². The summed E-state index contributed by atoms with van der Waals surface area (Å²) in [6.07, 6.45) is 0. The third kappa shape index (κ3) is 3.46. The quantitative estimate of drug-likeness (QED) is 0.791. The van der Waals surface area contributed by atoms with E-state index < -0.39 is 11.9 Å². The first-order chi connectivity index (χ1) is 10.5. The van der Waals surface area contributed by atoms with Crippen molar-refractivity contribution in [2.75, 3.05) is 14.2 Å². The highest BCUT2D eigenvalue weighted by molar-refractivity contribution is 5.90. The van der Waals surface area contributed by atoms with E-state index in [2.05, 4.69) is 4.74 Å². The van der Waals surface area contributed by atoms with Gasteiger partial charge in [-0.25, -0.2) is 9.59 Å². The number of esters is 2. The number of benzene rings is 1. The van der Waals surface area contributed by atoms with Crippen molar-refractivity contribution in [1.82, 2.24) is 0 Å². The molecule has 116 valence electrons. The van der Waals surface area contributed by atoms with Gasteiger partial charge in [0.2, 0.25) is 5.76 Å². The number of ether oxygens (including phenoxy) is 3. The first-order valence-corrected chi connectivity index (χ1v) is 6.54. The normalized spacial score (nSPS) is 10.1. The lowest BCUT2D eigenvalue weighted by atomic mass is 10.1. The van der Waals surface area contributed by atoms with Crippen molar-refractivity contribution in [3.8, 4) is 5.75 Å². The first kappa shape index (κ1) is 15.6. The molecule has 0 atom stereocenters. The van der Waals surface area contributed by atoms with Crippen LogP contribution >= 0.6 is 0 Å². The molecule has 0 saturated carbocycles. The highest BCUT2D eigenvalue weighted by Gasteiger charge is 2.14. The third-order valence-corrected chi connectivity index (χ3v) is 3.04. The minimum absolute atomic E-state index is 0.0607. The molecule has 6 nitrogen and oxygen atoms in total. The summed E-state index contributed by atoms with van der Waals surface area (Å²) in [6, 6.07) is 8.05. The second-order valence-electron chi connectivity index (χ2n) is 4.52. The minimum atomic E-state index is -0.583. The Morgan fingerprint density at radius 1 is 1.09 bits per heavy atom. The molecular formula is C16H16O6. The van der Waals surface area contributed by atoms with Crippen LogP contribution in [0.3, 0.4) is 0 Å². The van der Waals surface area contributed by atoms with Gasteiger partial charge in [-0.3, -0.25) is 0 Å². The van der Waals surface area contributed by atoms with E-state index in [0.29, 0.717) is 17.1 Å². The molecule has 0 aliphatic rings. The number of carbonyl (C=O) groups excluding carboxylic acids is 2. The van der Waals surface area contributed by atoms with Crippen LogP contribution < -0.4 is 4.74 Å². The maximum absolute atomic E-state index is 12.0. The highest BCUT2D eigenvalue weighted by Crippen LogP contribution is 2.20. The van der Waals surface area contributed by atoms with E-state index in [4.69, 9.17) is 13.9 Å². The van der Waals surface area contributed by atoms with Crippen molar-refractivity contribution in [3.05, 3.63) is 53.0 Å². The molecule has 0 aliphatic heterocycles. The van der Waals surface area contributed by atoms with Crippen LogP contribution in [0.4, 0.5) is 0 Å². The third-order valence-electron chi connectivity index (χ3n) is 3.04. The molecule has 0 fully saturated rings. The maximum Gasteiger partial charge on any atom is 0.373 e. The maximum atomic E-state index is 12.0. The van der Waals surface area contributed by atoms with E-state index in [1.54, 1.807) is 24.3 Å². The Balaban J connectivity index is 2.01. The van der Waals surface area contributed by atoms with Crippen molar-refractivity contribution in [2.45, 2.75) is 13.5 Å². The Hall–Kier alpha value is -2.76. The lowest BCUT2D eigenvalue weighted by Gasteiger charge is -2.07. The van der Waals surface area contributed by atoms with Gasteiger partial charge in [-0.05, 0) is 36.8 Å². The van der Waals surface area contributed by atoms with Gasteiger partial charge in [0.1, 0.15) is 18.1 Å². The molecule has 0 spiro atoms. The van der Waals surface area contributed by atoms with Crippen molar-refractivity contribution in [1.29, 1.82) is 0 Å². The summed E-state index contributed by atoms with van der Waals surface area (Å²) in [7, 11) is 2.80. The van der Waals surface area contributed by atoms with E-state index in [-0.39, 0.29) is 12.4 Å². The summed E-state index contributed by atoms with van der Waals surface area (Å²) in [5, 5.41) is 0. The number of hydrogen-bond acceptors (Lipinski definition) is 6. The average molecular weight is 304 g/mol. The fourth-order valence-corrected chi connectivity index (χ4v) is 1.83. The van der Waals surface area contributed by atoms with Crippen molar-refractivity contribution < 1.29 is 28.2 Å². The molecule has 0 amide bonds. The number of furan rings is 1. The SMILES string of the molecule is COC(=O)c1ccc(COC(=O)c2ccc(C)c(OC)c2)o1. The molecule has 1 aromatic carbocycles. The molecule has 22 heavy (non-hydrogen) atoms. The van der Waals surface area contributed by atoms with Crippen LogP contribution in [-0.4, -0.2) is 26.2 Å². The van der Waals surface area contributed by atoms with E-state index in [0.717, 1.165) is 5.56 Å². The second kappa shape index (κ2) is 6.80. The molecule has 6 heteroatoms. The lowest BCUT2D eigenvalue weighted by molar-refractivity contribution is 0.0438. The Morgan fingerprint density at radius 3 is 2.55 bits per heavy atom. The zero-order valence-corrected chi connectivity index (χ0v) is 12.5. The summed E-state index contributed by atoms with van der Waals surface area (Å²) >= 11 is 0. The predicted octanol–water partition coefficient (Wildman–Crippen LogP) is 2.74. The largest absolute Gasteiger partial charge is 0.496 e. The standard InChI is InChI=1S/C16H16O6/c1-10-4-5-11(8-14(10)19-2)15(17)21-9-12-6-7-13(22-12)16(18)20-3/h4-8H,9H2,1-3H3. The Bertz CT molecular complexity index is 686. The Kier molecular flexibility index (Phi) is 4.83. The first-order valence-electron chi connectivity index (χ1n) is 6.54. The molecule has 2 aromatic rings. The van der Waals surface area contributed by atoms with Crippen molar-refractivity contribution in [3.63, 3.8) is 0 Å². The van der Waals surface area contributed by atoms with E-state index >= 15 is 0 Å². The van der Waals surface area contributed by atoms with E-state index in [1.807, 2.05) is 6.92 Å². The van der Waals surface area contributed by atoms with Gasteiger partial charge in [-0.2, -0.15) is 0 Å². The zero-order chi connectivity index (χ0) is 16.1. The van der Waals surface area contributed by atoms with Crippen LogP contribution in [0.15, 0.2) is 34.7 Å². The molecule has 0 saturated heterocycles. The molecule has 0 aliphatic carbocycles. The second-order valence-corrected chi connectivity index (χ2v) is 4.52. The number of carbonyl (C=O) groups is 2. The molecule has 1 heterocycles. The van der Waals surface area contributed by atoms with Gasteiger partial charge in [0, 0.05) is 0 Å². The molecule has 2 rings (SSSR count). The lowest BCUT2D eigenvalue weighted by Crippen LogP contribution is -2.05. The van der Waals surface area contributed by atoms with E-state index in [1.165, 1.54) is 20.3 Å². The molecule has 0 unspecified atom stereocenters. The summed E-state index contributed by atoms with van der Waals surface area (Å²) in [5.41, 5.74) is 1.30. The van der Waals surface area contributed by atoms with Gasteiger partial charge in [0.25, 0.3) is 0 Å². The predicted molar refractivity (Wildman–Crippen MR) is 76.9 cm³/mol. The van der Waals surface area contributed by atoms with E-state index in [9.17, 15) is 9.59 Å². The van der Waals surface area contributed by atoms with Crippen LogP contribution in [0.25, 0.3) is 0 Å². The molecule has 0 bridgehead atoms. The number of hydrogen-bond donors (Lipinski definition) is 0. The Morgan fingerprint density at radius 2 is 1.86 bits per heavy atom. The summed E-state index contributed by atoms with van der Waals surface area (Å²) in [4.78, 5) is 23.2. The number of rotatable bonds is 5. The molecule has 0 N–H and O–H groups in total. The summed E-state index contributed by atoms with van der Waals surface area (Å²) in [6.45, 7) is 1.80. The fourth-order valence-electron chi connectivity index (χ4n) is 1.83. The van der Waals surface area contributed by atoms with Gasteiger partial charge in [-0.1, -0.05) is 6.07 Å². The highest BCUT2D eigenvalue weighted by atomic mass is 16.6. The van der Waals surface area contributed by atoms with Crippen LogP contribution in [0, 0.1) is 6.92 Å². The smallest absolute Gasteiger partial charge is 0.373 e. The summed E-state index contributed by atoms with van der Waals surface area (Å²) in [5.74, 6) is -0.0611. The average Bonchev–Trinajstić information content (AvgIpc) is 3.01. The minimum Gasteiger partial charge on any atom is -0.496 e. The molecule has 1 aromatic heterocycles. The Labute approximate surface area is 127 Å². The summed E-state index contributed by atoms with van der Waals surface area (Å²) < 4.78 is 20.0. The number of aryl methyl sites for hydroxylation is 1. The monoisotopic (exact) mass is 304 g/mol. The number of methoxy groups -OCH3 is 2. The van der Waals surface area contributed by atoms with Crippen LogP contribution in [-0.2, 0) is 16.1 Å². The zero-order valence-electron chi connectivity index (χ0n) is 12.5. The van der Waals surface area contributed by atoms with Gasteiger partial charge in [0.15, 0.2) is 0 Å². The van der Waals surface area contributed by atoms with Crippen LogP contribution in [0.1, 0.15) is 32.2 Å². The van der Waals surface area contributed by atoms with Gasteiger partial charge < -0.3 is 18.6 Å². The van der Waals surface area contributed by atoms with Crippen molar-refractivity contribution >= 4 is 11.9 Å².